The molecule has 1 aliphatic carbocycles. The average molecular weight is 212 g/mol. The van der Waals surface area contributed by atoms with Crippen molar-refractivity contribution in [2.75, 3.05) is 33.3 Å². The number of likely N-dealkylation sites (N-methyl/N-ethyl adjacent to an activating group) is 1. The molecule has 3 nitrogen and oxygen atoms in total. The minimum absolute atomic E-state index is 0.400. The van der Waals surface area contributed by atoms with Gasteiger partial charge >= 0.3 is 0 Å². The monoisotopic (exact) mass is 212 g/mol. The summed E-state index contributed by atoms with van der Waals surface area (Å²) in [7, 11) is 2.17. The van der Waals surface area contributed by atoms with Gasteiger partial charge in [-0.1, -0.05) is 6.92 Å². The van der Waals surface area contributed by atoms with Crippen LogP contribution in [-0.4, -0.2) is 50.3 Å². The molecule has 1 saturated carbocycles. The maximum Gasteiger partial charge on any atom is 0.0826 e. The van der Waals surface area contributed by atoms with E-state index in [9.17, 15) is 0 Å². The topological polar surface area (TPSA) is 24.5 Å². The van der Waals surface area contributed by atoms with Crippen LogP contribution in [0.25, 0.3) is 0 Å². The first-order valence-electron chi connectivity index (χ1n) is 6.33. The number of nitrogens with one attached hydrogen (secondary N) is 1. The van der Waals surface area contributed by atoms with E-state index in [1.807, 2.05) is 0 Å². The molecular weight excluding hydrogens is 188 g/mol. The van der Waals surface area contributed by atoms with Gasteiger partial charge in [-0.3, -0.25) is 0 Å². The molecule has 1 heterocycles. The molecular formula is C12H24N2O. The molecule has 88 valence electrons. The van der Waals surface area contributed by atoms with Gasteiger partial charge in [0.25, 0.3) is 0 Å². The van der Waals surface area contributed by atoms with Crippen LogP contribution < -0.4 is 5.32 Å². The minimum Gasteiger partial charge on any atom is -0.374 e. The van der Waals surface area contributed by atoms with Crippen LogP contribution in [0.15, 0.2) is 0 Å². The molecule has 0 radical (unpaired) electrons. The fraction of sp³-hybridized carbons (Fsp3) is 1.00. The Kier molecular flexibility index (Phi) is 4.00. The summed E-state index contributed by atoms with van der Waals surface area (Å²) in [6.45, 7) is 6.36. The largest absolute Gasteiger partial charge is 0.374 e. The van der Waals surface area contributed by atoms with Crippen molar-refractivity contribution in [2.24, 2.45) is 5.92 Å². The summed E-state index contributed by atoms with van der Waals surface area (Å²) in [6.07, 6.45) is 4.51. The van der Waals surface area contributed by atoms with E-state index in [-0.39, 0.29) is 0 Å². The Balaban J connectivity index is 1.67. The Bertz CT molecular complexity index is 194. The molecule has 1 N–H and O–H groups in total. The highest BCUT2D eigenvalue weighted by Gasteiger charge is 2.30. The quantitative estimate of drug-likeness (QED) is 0.738. The second-order valence-electron chi connectivity index (χ2n) is 5.02. The highest BCUT2D eigenvalue weighted by atomic mass is 16.5. The van der Waals surface area contributed by atoms with E-state index < -0.39 is 0 Å². The number of nitrogens with zero attached hydrogens (tertiary/aromatic N) is 1. The van der Waals surface area contributed by atoms with Crippen molar-refractivity contribution in [1.82, 2.24) is 10.2 Å². The standard InChI is InChI=1S/C12H24N2O/c1-3-12(10-4-5-10)13-8-11-9-14(2)6-7-15-11/h10-13H,3-9H2,1-2H3. The van der Waals surface area contributed by atoms with Crippen molar-refractivity contribution >= 4 is 0 Å². The fourth-order valence-corrected chi connectivity index (χ4v) is 2.42. The third kappa shape index (κ3) is 3.44. The molecule has 2 atom stereocenters. The maximum absolute atomic E-state index is 5.74. The Morgan fingerprint density at radius 1 is 1.47 bits per heavy atom. The lowest BCUT2D eigenvalue weighted by molar-refractivity contribution is -0.0196. The lowest BCUT2D eigenvalue weighted by atomic mass is 10.1. The number of ether oxygens (including phenoxy) is 1. The molecule has 2 fully saturated rings. The number of rotatable bonds is 5. The third-order valence-electron chi connectivity index (χ3n) is 3.58. The van der Waals surface area contributed by atoms with Crippen LogP contribution in [0.3, 0.4) is 0 Å². The molecule has 2 rings (SSSR count). The Hall–Kier alpha value is -0.120. The van der Waals surface area contributed by atoms with Crippen molar-refractivity contribution in [3.8, 4) is 0 Å². The highest BCUT2D eigenvalue weighted by molar-refractivity contribution is 4.86. The summed E-state index contributed by atoms with van der Waals surface area (Å²) in [5, 5.41) is 3.67. The molecule has 0 amide bonds. The van der Waals surface area contributed by atoms with Gasteiger partial charge in [0.15, 0.2) is 0 Å². The molecule has 2 unspecified atom stereocenters. The summed E-state index contributed by atoms with van der Waals surface area (Å²) in [6, 6.07) is 0.737. The van der Waals surface area contributed by atoms with Crippen LogP contribution >= 0.6 is 0 Å². The first-order valence-corrected chi connectivity index (χ1v) is 6.33. The van der Waals surface area contributed by atoms with E-state index in [1.54, 1.807) is 0 Å². The van der Waals surface area contributed by atoms with Gasteiger partial charge in [-0.15, -0.1) is 0 Å². The predicted octanol–water partition coefficient (Wildman–Crippen LogP) is 1.10. The summed E-state index contributed by atoms with van der Waals surface area (Å²) in [5.74, 6) is 0.955. The van der Waals surface area contributed by atoms with Crippen molar-refractivity contribution in [2.45, 2.75) is 38.3 Å². The van der Waals surface area contributed by atoms with Crippen LogP contribution in [0.1, 0.15) is 26.2 Å². The van der Waals surface area contributed by atoms with E-state index in [4.69, 9.17) is 4.74 Å². The van der Waals surface area contributed by atoms with Crippen LogP contribution in [0.2, 0.25) is 0 Å². The van der Waals surface area contributed by atoms with Crippen molar-refractivity contribution in [3.05, 3.63) is 0 Å². The second-order valence-corrected chi connectivity index (χ2v) is 5.02. The Morgan fingerprint density at radius 3 is 2.87 bits per heavy atom. The predicted molar refractivity (Wildman–Crippen MR) is 62.0 cm³/mol. The van der Waals surface area contributed by atoms with Crippen LogP contribution in [0.5, 0.6) is 0 Å². The normalized spacial score (nSPS) is 30.4. The van der Waals surface area contributed by atoms with Gasteiger partial charge in [-0.25, -0.2) is 0 Å². The molecule has 0 aromatic rings. The van der Waals surface area contributed by atoms with Crippen LogP contribution in [0, 0.1) is 5.92 Å². The van der Waals surface area contributed by atoms with E-state index in [0.29, 0.717) is 6.10 Å². The van der Waals surface area contributed by atoms with Crippen molar-refractivity contribution in [3.63, 3.8) is 0 Å². The third-order valence-corrected chi connectivity index (χ3v) is 3.58. The smallest absolute Gasteiger partial charge is 0.0826 e. The molecule has 1 aliphatic heterocycles. The second kappa shape index (κ2) is 5.28. The Morgan fingerprint density at radius 2 is 2.27 bits per heavy atom. The van der Waals surface area contributed by atoms with Crippen molar-refractivity contribution < 1.29 is 4.74 Å². The zero-order valence-electron chi connectivity index (χ0n) is 10.0. The van der Waals surface area contributed by atoms with Gasteiger partial charge in [-0.2, -0.15) is 0 Å². The average Bonchev–Trinajstić information content (AvgIpc) is 3.03. The SMILES string of the molecule is CCC(NCC1CN(C)CCO1)C1CC1. The molecule has 0 aromatic heterocycles. The zero-order chi connectivity index (χ0) is 10.7. The molecule has 0 bridgehead atoms. The van der Waals surface area contributed by atoms with Crippen molar-refractivity contribution in [1.29, 1.82) is 0 Å². The lowest BCUT2D eigenvalue weighted by Crippen LogP contribution is -2.47. The zero-order valence-corrected chi connectivity index (χ0v) is 10.0. The number of morpholine rings is 1. The van der Waals surface area contributed by atoms with Gasteiger partial charge < -0.3 is 15.0 Å². The Labute approximate surface area is 93.2 Å². The summed E-state index contributed by atoms with van der Waals surface area (Å²) < 4.78 is 5.74. The maximum atomic E-state index is 5.74. The van der Waals surface area contributed by atoms with Gasteiger partial charge in [-0.05, 0) is 32.2 Å². The van der Waals surface area contributed by atoms with Gasteiger partial charge in [0.2, 0.25) is 0 Å². The molecule has 0 spiro atoms. The first kappa shape index (κ1) is 11.4. The van der Waals surface area contributed by atoms with Crippen LogP contribution in [0.4, 0.5) is 0 Å². The highest BCUT2D eigenvalue weighted by Crippen LogP contribution is 2.33. The molecule has 2 aliphatic rings. The van der Waals surface area contributed by atoms with E-state index >= 15 is 0 Å². The number of hydrogen-bond acceptors (Lipinski definition) is 3. The molecule has 3 heteroatoms. The fourth-order valence-electron chi connectivity index (χ4n) is 2.42. The number of hydrogen-bond donors (Lipinski definition) is 1. The van der Waals surface area contributed by atoms with Gasteiger partial charge in [0, 0.05) is 25.7 Å². The first-order chi connectivity index (χ1) is 7.29. The summed E-state index contributed by atoms with van der Waals surface area (Å²) in [5.41, 5.74) is 0. The lowest BCUT2D eigenvalue weighted by Gasteiger charge is -2.31. The molecule has 1 saturated heterocycles. The van der Waals surface area contributed by atoms with E-state index in [0.717, 1.165) is 38.2 Å². The molecule has 15 heavy (non-hydrogen) atoms. The van der Waals surface area contributed by atoms with E-state index in [2.05, 4.69) is 24.2 Å². The summed E-state index contributed by atoms with van der Waals surface area (Å²) >= 11 is 0. The minimum atomic E-state index is 0.400. The van der Waals surface area contributed by atoms with Gasteiger partial charge in [0.05, 0.1) is 12.7 Å². The molecule has 0 aromatic carbocycles. The van der Waals surface area contributed by atoms with E-state index in [1.165, 1.54) is 19.3 Å². The summed E-state index contributed by atoms with van der Waals surface area (Å²) in [4.78, 5) is 2.36. The van der Waals surface area contributed by atoms with Gasteiger partial charge in [0.1, 0.15) is 0 Å². The van der Waals surface area contributed by atoms with Crippen LogP contribution in [-0.2, 0) is 4.74 Å².